The first-order chi connectivity index (χ1) is 10.2. The van der Waals surface area contributed by atoms with Crippen molar-refractivity contribution < 1.29 is 9.47 Å². The van der Waals surface area contributed by atoms with Gasteiger partial charge in [-0.15, -0.1) is 0 Å². The van der Waals surface area contributed by atoms with Crippen LogP contribution < -0.4 is 20.1 Å². The minimum atomic E-state index is 0.290. The molecule has 1 aromatic carbocycles. The first-order valence-corrected chi connectivity index (χ1v) is 6.93. The van der Waals surface area contributed by atoms with Crippen LogP contribution in [0.4, 0.5) is 11.8 Å². The highest BCUT2D eigenvalue weighted by molar-refractivity contribution is 5.46. The van der Waals surface area contributed by atoms with Crippen molar-refractivity contribution >= 4 is 11.8 Å². The number of rotatable bonds is 5. The van der Waals surface area contributed by atoms with E-state index in [-0.39, 0.29) is 6.79 Å². The van der Waals surface area contributed by atoms with Gasteiger partial charge in [-0.1, -0.05) is 6.07 Å². The summed E-state index contributed by atoms with van der Waals surface area (Å²) in [6.45, 7) is 5.06. The molecule has 2 N–H and O–H groups in total. The second kappa shape index (κ2) is 5.87. The zero-order chi connectivity index (χ0) is 14.7. The number of hydrogen-bond donors (Lipinski definition) is 2. The molecular formula is C15H18N4O2. The van der Waals surface area contributed by atoms with Crippen molar-refractivity contribution in [1.29, 1.82) is 0 Å². The Kier molecular flexibility index (Phi) is 3.77. The third kappa shape index (κ3) is 3.34. The van der Waals surface area contributed by atoms with E-state index >= 15 is 0 Å². The zero-order valence-corrected chi connectivity index (χ0v) is 12.1. The van der Waals surface area contributed by atoms with E-state index < -0.39 is 0 Å². The molecular weight excluding hydrogens is 268 g/mol. The molecule has 6 heteroatoms. The number of fused-ring (bicyclic) bond motifs is 1. The Morgan fingerprint density at radius 3 is 2.90 bits per heavy atom. The monoisotopic (exact) mass is 286 g/mol. The molecule has 1 aliphatic heterocycles. The molecule has 1 aromatic heterocycles. The molecule has 0 saturated heterocycles. The second-order valence-electron chi connectivity index (χ2n) is 5.11. The van der Waals surface area contributed by atoms with Gasteiger partial charge in [-0.05, 0) is 37.6 Å². The van der Waals surface area contributed by atoms with Crippen molar-refractivity contribution in [3.63, 3.8) is 0 Å². The summed E-state index contributed by atoms with van der Waals surface area (Å²) in [5, 5.41) is 6.46. The molecule has 0 fully saturated rings. The van der Waals surface area contributed by atoms with Crippen LogP contribution in [0.15, 0.2) is 30.5 Å². The molecule has 0 unspecified atom stereocenters. The maximum atomic E-state index is 5.36. The molecule has 3 rings (SSSR count). The first-order valence-electron chi connectivity index (χ1n) is 6.93. The van der Waals surface area contributed by atoms with Crippen LogP contribution >= 0.6 is 0 Å². The van der Waals surface area contributed by atoms with Crippen molar-refractivity contribution in [2.24, 2.45) is 0 Å². The van der Waals surface area contributed by atoms with E-state index in [1.807, 2.05) is 24.3 Å². The van der Waals surface area contributed by atoms with Gasteiger partial charge in [0.2, 0.25) is 12.7 Å². The van der Waals surface area contributed by atoms with Crippen LogP contribution in [0.25, 0.3) is 0 Å². The van der Waals surface area contributed by atoms with Gasteiger partial charge >= 0.3 is 0 Å². The quantitative estimate of drug-likeness (QED) is 0.880. The Morgan fingerprint density at radius 1 is 1.19 bits per heavy atom. The lowest BCUT2D eigenvalue weighted by molar-refractivity contribution is 0.174. The van der Waals surface area contributed by atoms with Gasteiger partial charge < -0.3 is 20.1 Å². The van der Waals surface area contributed by atoms with E-state index in [1.165, 1.54) is 0 Å². The maximum absolute atomic E-state index is 5.36. The van der Waals surface area contributed by atoms with Gasteiger partial charge in [0.15, 0.2) is 11.5 Å². The number of anilines is 2. The summed E-state index contributed by atoms with van der Waals surface area (Å²) in [5.41, 5.74) is 1.09. The number of nitrogens with one attached hydrogen (secondary N) is 2. The van der Waals surface area contributed by atoms with E-state index in [0.29, 0.717) is 18.5 Å². The van der Waals surface area contributed by atoms with Gasteiger partial charge in [0.25, 0.3) is 0 Å². The number of aromatic nitrogens is 2. The van der Waals surface area contributed by atoms with Crippen molar-refractivity contribution in [1.82, 2.24) is 9.97 Å². The van der Waals surface area contributed by atoms with E-state index in [4.69, 9.17) is 9.47 Å². The summed E-state index contributed by atoms with van der Waals surface area (Å²) < 4.78 is 10.7. The number of ether oxygens (including phenoxy) is 2. The van der Waals surface area contributed by atoms with Crippen molar-refractivity contribution in [3.05, 3.63) is 36.0 Å². The minimum absolute atomic E-state index is 0.290. The highest BCUT2D eigenvalue weighted by atomic mass is 16.7. The Morgan fingerprint density at radius 2 is 2.05 bits per heavy atom. The summed E-state index contributed by atoms with van der Waals surface area (Å²) in [7, 11) is 0. The number of hydrogen-bond acceptors (Lipinski definition) is 6. The van der Waals surface area contributed by atoms with Crippen LogP contribution in [-0.2, 0) is 6.54 Å². The Labute approximate surface area is 123 Å². The van der Waals surface area contributed by atoms with Gasteiger partial charge in [-0.3, -0.25) is 0 Å². The largest absolute Gasteiger partial charge is 0.454 e. The topological polar surface area (TPSA) is 68.3 Å². The van der Waals surface area contributed by atoms with Gasteiger partial charge in [0.1, 0.15) is 5.82 Å². The molecule has 6 nitrogen and oxygen atoms in total. The van der Waals surface area contributed by atoms with Gasteiger partial charge in [0.05, 0.1) is 0 Å². The molecule has 0 amide bonds. The van der Waals surface area contributed by atoms with Gasteiger partial charge in [0, 0.05) is 18.8 Å². The molecule has 0 bridgehead atoms. The zero-order valence-electron chi connectivity index (χ0n) is 12.1. The fraction of sp³-hybridized carbons (Fsp3) is 0.333. The average Bonchev–Trinajstić information content (AvgIpc) is 2.92. The third-order valence-corrected chi connectivity index (χ3v) is 2.98. The predicted octanol–water partition coefficient (Wildman–Crippen LogP) is 2.64. The van der Waals surface area contributed by atoms with Crippen LogP contribution in [0, 0.1) is 0 Å². The van der Waals surface area contributed by atoms with Crippen LogP contribution in [0.1, 0.15) is 19.4 Å². The highest BCUT2D eigenvalue weighted by Crippen LogP contribution is 2.32. The number of benzene rings is 1. The highest BCUT2D eigenvalue weighted by Gasteiger charge is 2.13. The van der Waals surface area contributed by atoms with Gasteiger partial charge in [-0.2, -0.15) is 4.98 Å². The first kappa shape index (κ1) is 13.5. The van der Waals surface area contributed by atoms with Crippen molar-refractivity contribution in [3.8, 4) is 11.5 Å². The molecule has 0 atom stereocenters. The predicted molar refractivity (Wildman–Crippen MR) is 80.7 cm³/mol. The lowest BCUT2D eigenvalue weighted by Gasteiger charge is -2.10. The number of nitrogens with zero attached hydrogens (tertiary/aromatic N) is 2. The molecule has 0 aliphatic carbocycles. The van der Waals surface area contributed by atoms with E-state index in [1.54, 1.807) is 6.20 Å². The summed E-state index contributed by atoms with van der Waals surface area (Å²) >= 11 is 0. The Hall–Kier alpha value is -2.50. The fourth-order valence-corrected chi connectivity index (χ4v) is 2.05. The van der Waals surface area contributed by atoms with Gasteiger partial charge in [-0.25, -0.2) is 4.98 Å². The molecule has 0 saturated carbocycles. The second-order valence-corrected chi connectivity index (χ2v) is 5.11. The van der Waals surface area contributed by atoms with Crippen LogP contribution in [0.3, 0.4) is 0 Å². The van der Waals surface area contributed by atoms with Crippen molar-refractivity contribution in [2.75, 3.05) is 17.4 Å². The average molecular weight is 286 g/mol. The molecule has 0 spiro atoms. The van der Waals surface area contributed by atoms with Crippen LogP contribution in [0.5, 0.6) is 11.5 Å². The Bertz CT molecular complexity index is 631. The lowest BCUT2D eigenvalue weighted by atomic mass is 10.2. The summed E-state index contributed by atoms with van der Waals surface area (Å²) in [6.07, 6.45) is 1.74. The molecule has 1 aliphatic rings. The lowest BCUT2D eigenvalue weighted by Crippen LogP contribution is -2.12. The fourth-order valence-electron chi connectivity index (χ4n) is 2.05. The molecule has 2 heterocycles. The smallest absolute Gasteiger partial charge is 0.231 e. The SMILES string of the molecule is CC(C)Nc1ccnc(NCc2ccc3c(c2)OCO3)n1. The summed E-state index contributed by atoms with van der Waals surface area (Å²) in [4.78, 5) is 8.63. The summed E-state index contributed by atoms with van der Waals surface area (Å²) in [6, 6.07) is 8.06. The summed E-state index contributed by atoms with van der Waals surface area (Å²) in [5.74, 6) is 2.98. The van der Waals surface area contributed by atoms with Crippen LogP contribution in [-0.4, -0.2) is 22.8 Å². The molecule has 110 valence electrons. The van der Waals surface area contributed by atoms with Crippen molar-refractivity contribution in [2.45, 2.75) is 26.4 Å². The standard InChI is InChI=1S/C15H18N4O2/c1-10(2)18-14-5-6-16-15(19-14)17-8-11-3-4-12-13(7-11)21-9-20-12/h3-7,10H,8-9H2,1-2H3,(H2,16,17,18,19). The maximum Gasteiger partial charge on any atom is 0.231 e. The van der Waals surface area contributed by atoms with E-state index in [9.17, 15) is 0 Å². The van der Waals surface area contributed by atoms with E-state index in [2.05, 4.69) is 34.4 Å². The Balaban J connectivity index is 1.64. The van der Waals surface area contributed by atoms with Crippen LogP contribution in [0.2, 0.25) is 0 Å². The normalized spacial score (nSPS) is 12.5. The van der Waals surface area contributed by atoms with E-state index in [0.717, 1.165) is 22.9 Å². The minimum Gasteiger partial charge on any atom is -0.454 e. The molecule has 2 aromatic rings. The third-order valence-electron chi connectivity index (χ3n) is 2.98. The molecule has 21 heavy (non-hydrogen) atoms. The molecule has 0 radical (unpaired) electrons.